The Kier molecular flexibility index (Phi) is 4.06. The molecule has 19 heavy (non-hydrogen) atoms. The third kappa shape index (κ3) is 3.39. The van der Waals surface area contributed by atoms with Crippen molar-refractivity contribution in [2.75, 3.05) is 40.3 Å². The smallest absolute Gasteiger partial charge is 0.320 e. The maximum Gasteiger partial charge on any atom is 0.320 e. The molecule has 2 N–H and O–H groups in total. The highest BCUT2D eigenvalue weighted by molar-refractivity contribution is 5.77. The minimum atomic E-state index is -0.325. The zero-order chi connectivity index (χ0) is 14.2. The molecule has 2 rings (SSSR count). The highest BCUT2D eigenvalue weighted by atomic mass is 16.2. The summed E-state index contributed by atoms with van der Waals surface area (Å²) in [5.41, 5.74) is 5.72. The monoisotopic (exact) mass is 268 g/mol. The van der Waals surface area contributed by atoms with Crippen molar-refractivity contribution in [2.24, 2.45) is 11.7 Å². The van der Waals surface area contributed by atoms with Crippen LogP contribution in [0.4, 0.5) is 4.79 Å². The number of nitrogens with two attached hydrogens (primary N) is 1. The lowest BCUT2D eigenvalue weighted by Gasteiger charge is -2.35. The number of nitrogens with zero attached hydrogens (tertiary/aromatic N) is 3. The molecule has 0 spiro atoms. The first-order chi connectivity index (χ1) is 8.78. The quantitative estimate of drug-likeness (QED) is 0.824. The van der Waals surface area contributed by atoms with E-state index in [-0.39, 0.29) is 11.6 Å². The number of piperidine rings is 1. The van der Waals surface area contributed by atoms with E-state index in [1.54, 1.807) is 0 Å². The average molecular weight is 268 g/mol. The molecule has 0 bridgehead atoms. The molecule has 2 unspecified atom stereocenters. The highest BCUT2D eigenvalue weighted by Gasteiger charge is 2.41. The summed E-state index contributed by atoms with van der Waals surface area (Å²) in [6.07, 6.45) is 2.47. The van der Waals surface area contributed by atoms with Gasteiger partial charge in [0, 0.05) is 32.2 Å². The minimum Gasteiger partial charge on any atom is -0.324 e. The lowest BCUT2D eigenvalue weighted by Crippen LogP contribution is -2.46. The highest BCUT2D eigenvalue weighted by Crippen LogP contribution is 2.27. The molecule has 2 saturated heterocycles. The Morgan fingerprint density at radius 2 is 2.00 bits per heavy atom. The van der Waals surface area contributed by atoms with Gasteiger partial charge in [0.1, 0.15) is 0 Å². The first-order valence-electron chi connectivity index (χ1n) is 7.27. The van der Waals surface area contributed by atoms with Crippen LogP contribution in [0.3, 0.4) is 0 Å². The Morgan fingerprint density at radius 3 is 2.58 bits per heavy atom. The number of urea groups is 1. The van der Waals surface area contributed by atoms with Gasteiger partial charge in [-0.05, 0) is 46.2 Å². The summed E-state index contributed by atoms with van der Waals surface area (Å²) in [4.78, 5) is 18.5. The molecule has 2 fully saturated rings. The predicted octanol–water partition coefficient (Wildman–Crippen LogP) is 0.802. The molecule has 2 amide bonds. The van der Waals surface area contributed by atoms with Gasteiger partial charge in [-0.2, -0.15) is 0 Å². The first-order valence-corrected chi connectivity index (χ1v) is 7.27. The maximum atomic E-state index is 12.3. The van der Waals surface area contributed by atoms with Gasteiger partial charge in [-0.25, -0.2) is 4.79 Å². The van der Waals surface area contributed by atoms with Crippen molar-refractivity contribution in [3.8, 4) is 0 Å². The molecule has 0 aliphatic carbocycles. The number of amides is 2. The summed E-state index contributed by atoms with van der Waals surface area (Å²) < 4.78 is 0. The molecule has 0 aromatic heterocycles. The fourth-order valence-corrected chi connectivity index (χ4v) is 3.40. The first kappa shape index (κ1) is 14.6. The predicted molar refractivity (Wildman–Crippen MR) is 77.0 cm³/mol. The average Bonchev–Trinajstić information content (AvgIpc) is 2.55. The van der Waals surface area contributed by atoms with Crippen LogP contribution in [0.25, 0.3) is 0 Å². The standard InChI is InChI=1S/C14H28N4O/c1-14(2,15)10-18-9-12(17(4)13(18)19)11-6-5-7-16(3)8-11/h11-12H,5-10,15H2,1-4H3. The van der Waals surface area contributed by atoms with Gasteiger partial charge in [-0.15, -0.1) is 0 Å². The van der Waals surface area contributed by atoms with E-state index in [4.69, 9.17) is 5.73 Å². The Morgan fingerprint density at radius 1 is 1.32 bits per heavy atom. The second-order valence-electron chi connectivity index (χ2n) is 6.99. The maximum absolute atomic E-state index is 12.3. The van der Waals surface area contributed by atoms with E-state index in [2.05, 4.69) is 11.9 Å². The van der Waals surface area contributed by atoms with Gasteiger partial charge in [0.05, 0.1) is 6.04 Å². The van der Waals surface area contributed by atoms with Gasteiger partial charge >= 0.3 is 6.03 Å². The van der Waals surface area contributed by atoms with Crippen molar-refractivity contribution in [1.29, 1.82) is 0 Å². The molecule has 0 saturated carbocycles. The lowest BCUT2D eigenvalue weighted by atomic mass is 9.90. The Labute approximate surface area is 116 Å². The molecule has 2 aliphatic heterocycles. The van der Waals surface area contributed by atoms with Crippen LogP contribution in [-0.4, -0.2) is 72.6 Å². The second kappa shape index (κ2) is 5.29. The normalized spacial score (nSPS) is 30.3. The van der Waals surface area contributed by atoms with Gasteiger partial charge in [-0.1, -0.05) is 0 Å². The van der Waals surface area contributed by atoms with Crippen molar-refractivity contribution in [2.45, 2.75) is 38.3 Å². The molecular formula is C14H28N4O. The molecule has 2 aliphatic rings. The number of likely N-dealkylation sites (tertiary alicyclic amines) is 1. The summed E-state index contributed by atoms with van der Waals surface area (Å²) in [7, 11) is 4.11. The van der Waals surface area contributed by atoms with Crippen molar-refractivity contribution >= 4 is 6.03 Å². The minimum absolute atomic E-state index is 0.136. The van der Waals surface area contributed by atoms with Gasteiger partial charge in [0.2, 0.25) is 0 Å². The van der Waals surface area contributed by atoms with Crippen LogP contribution >= 0.6 is 0 Å². The molecule has 0 aromatic rings. The van der Waals surface area contributed by atoms with Crippen molar-refractivity contribution in [3.63, 3.8) is 0 Å². The number of hydrogen-bond acceptors (Lipinski definition) is 3. The van der Waals surface area contributed by atoms with E-state index in [0.717, 1.165) is 13.1 Å². The van der Waals surface area contributed by atoms with Crippen LogP contribution in [-0.2, 0) is 0 Å². The van der Waals surface area contributed by atoms with Crippen LogP contribution in [0, 0.1) is 5.92 Å². The number of carbonyl (C=O) groups excluding carboxylic acids is 1. The van der Waals surface area contributed by atoms with E-state index in [1.807, 2.05) is 30.7 Å². The van der Waals surface area contributed by atoms with E-state index < -0.39 is 0 Å². The molecule has 0 radical (unpaired) electrons. The van der Waals surface area contributed by atoms with E-state index in [0.29, 0.717) is 18.5 Å². The second-order valence-corrected chi connectivity index (χ2v) is 6.99. The SMILES string of the molecule is CN1CCCC(C2CN(CC(C)(C)N)C(=O)N2C)C1. The van der Waals surface area contributed by atoms with Crippen molar-refractivity contribution < 1.29 is 4.79 Å². The summed E-state index contributed by atoms with van der Waals surface area (Å²) in [6, 6.07) is 0.481. The molecule has 110 valence electrons. The van der Waals surface area contributed by atoms with Gasteiger partial charge in [-0.3, -0.25) is 0 Å². The summed E-state index contributed by atoms with van der Waals surface area (Å²) >= 11 is 0. The molecule has 5 nitrogen and oxygen atoms in total. The molecule has 2 atom stereocenters. The number of rotatable bonds is 3. The number of carbonyl (C=O) groups is 1. The Hall–Kier alpha value is -0.810. The molecular weight excluding hydrogens is 240 g/mol. The van der Waals surface area contributed by atoms with Crippen LogP contribution in [0.2, 0.25) is 0 Å². The van der Waals surface area contributed by atoms with Gasteiger partial charge in [0.15, 0.2) is 0 Å². The Bertz CT molecular complexity index is 339. The zero-order valence-electron chi connectivity index (χ0n) is 12.7. The van der Waals surface area contributed by atoms with E-state index in [1.165, 1.54) is 19.4 Å². The lowest BCUT2D eigenvalue weighted by molar-refractivity contribution is 0.141. The number of likely N-dealkylation sites (N-methyl/N-ethyl adjacent to an activating group) is 1. The van der Waals surface area contributed by atoms with Crippen LogP contribution < -0.4 is 5.73 Å². The van der Waals surface area contributed by atoms with Gasteiger partial charge < -0.3 is 20.4 Å². The largest absolute Gasteiger partial charge is 0.324 e. The number of hydrogen-bond donors (Lipinski definition) is 1. The fourth-order valence-electron chi connectivity index (χ4n) is 3.40. The van der Waals surface area contributed by atoms with Crippen LogP contribution in [0.15, 0.2) is 0 Å². The topological polar surface area (TPSA) is 52.8 Å². The van der Waals surface area contributed by atoms with Crippen molar-refractivity contribution in [3.05, 3.63) is 0 Å². The third-order valence-corrected chi connectivity index (χ3v) is 4.28. The van der Waals surface area contributed by atoms with Crippen LogP contribution in [0.5, 0.6) is 0 Å². The summed E-state index contributed by atoms with van der Waals surface area (Å²) in [5, 5.41) is 0. The summed E-state index contributed by atoms with van der Waals surface area (Å²) in [5.74, 6) is 0.596. The van der Waals surface area contributed by atoms with E-state index in [9.17, 15) is 4.79 Å². The van der Waals surface area contributed by atoms with E-state index >= 15 is 0 Å². The van der Waals surface area contributed by atoms with Crippen molar-refractivity contribution in [1.82, 2.24) is 14.7 Å². The zero-order valence-corrected chi connectivity index (χ0v) is 12.7. The van der Waals surface area contributed by atoms with Gasteiger partial charge in [0.25, 0.3) is 0 Å². The fraction of sp³-hybridized carbons (Fsp3) is 0.929. The molecule has 0 aromatic carbocycles. The third-order valence-electron chi connectivity index (χ3n) is 4.28. The van der Waals surface area contributed by atoms with Crippen LogP contribution in [0.1, 0.15) is 26.7 Å². The molecule has 2 heterocycles. The Balaban J connectivity index is 2.01. The molecule has 5 heteroatoms. The summed E-state index contributed by atoms with van der Waals surface area (Å²) in [6.45, 7) is 7.69.